The second-order valence-electron chi connectivity index (χ2n) is 7.08. The third-order valence-corrected chi connectivity index (χ3v) is 5.35. The third-order valence-electron chi connectivity index (χ3n) is 5.35. The summed E-state index contributed by atoms with van der Waals surface area (Å²) in [6.07, 6.45) is 2.26. The molecule has 0 N–H and O–H groups in total. The largest absolute Gasteiger partial charge is 0.497 e. The first-order chi connectivity index (χ1) is 13.7. The maximum Gasteiger partial charge on any atom is 0.336 e. The Morgan fingerprint density at radius 2 is 1.89 bits per heavy atom. The van der Waals surface area contributed by atoms with Crippen LogP contribution in [0.4, 0.5) is 0 Å². The number of methoxy groups -OCH3 is 1. The van der Waals surface area contributed by atoms with Gasteiger partial charge in [0.1, 0.15) is 17.1 Å². The summed E-state index contributed by atoms with van der Waals surface area (Å²) in [7, 11) is 1.61. The van der Waals surface area contributed by atoms with Crippen LogP contribution in [0, 0.1) is 0 Å². The van der Waals surface area contributed by atoms with E-state index < -0.39 is 0 Å². The van der Waals surface area contributed by atoms with E-state index >= 15 is 0 Å². The second-order valence-corrected chi connectivity index (χ2v) is 7.08. The zero-order chi connectivity index (χ0) is 19.5. The van der Waals surface area contributed by atoms with Crippen molar-refractivity contribution in [2.45, 2.75) is 32.4 Å². The van der Waals surface area contributed by atoms with E-state index in [4.69, 9.17) is 13.9 Å². The highest BCUT2D eigenvalue weighted by molar-refractivity contribution is 5.81. The summed E-state index contributed by atoms with van der Waals surface area (Å²) in [4.78, 5) is 14.5. The number of fused-ring (bicyclic) bond motifs is 1. The lowest BCUT2D eigenvalue weighted by molar-refractivity contribution is 0.248. The molecule has 5 heteroatoms. The molecule has 0 amide bonds. The SMILES string of the molecule is CCOc1ccc([C@@H]2CCCN2Cc2cc(=O)oc3cc(OC)ccc23)cc1. The molecule has 0 saturated carbocycles. The number of benzene rings is 2. The molecule has 3 aromatic rings. The van der Waals surface area contributed by atoms with E-state index in [0.717, 1.165) is 36.1 Å². The molecular formula is C23H25NO4. The van der Waals surface area contributed by atoms with E-state index in [-0.39, 0.29) is 5.63 Å². The molecule has 0 aliphatic carbocycles. The Labute approximate surface area is 164 Å². The van der Waals surface area contributed by atoms with Gasteiger partial charge in [0.2, 0.25) is 0 Å². The fourth-order valence-corrected chi connectivity index (χ4v) is 4.03. The number of hydrogen-bond acceptors (Lipinski definition) is 5. The second kappa shape index (κ2) is 8.07. The molecule has 1 aliphatic heterocycles. The van der Waals surface area contributed by atoms with Gasteiger partial charge in [-0.1, -0.05) is 12.1 Å². The molecule has 0 unspecified atom stereocenters. The molecule has 1 saturated heterocycles. The average Bonchev–Trinajstić information content (AvgIpc) is 3.16. The van der Waals surface area contributed by atoms with Gasteiger partial charge in [-0.05, 0) is 61.7 Å². The summed E-state index contributed by atoms with van der Waals surface area (Å²) < 4.78 is 16.2. The number of ether oxygens (including phenoxy) is 2. The molecule has 0 radical (unpaired) electrons. The lowest BCUT2D eigenvalue weighted by Gasteiger charge is -2.25. The lowest BCUT2D eigenvalue weighted by Crippen LogP contribution is -2.23. The zero-order valence-corrected chi connectivity index (χ0v) is 16.3. The lowest BCUT2D eigenvalue weighted by atomic mass is 10.0. The van der Waals surface area contributed by atoms with E-state index in [1.54, 1.807) is 19.2 Å². The fraction of sp³-hybridized carbons (Fsp3) is 0.348. The first-order valence-electron chi connectivity index (χ1n) is 9.75. The van der Waals surface area contributed by atoms with E-state index in [9.17, 15) is 4.79 Å². The van der Waals surface area contributed by atoms with E-state index in [2.05, 4.69) is 17.0 Å². The van der Waals surface area contributed by atoms with Crippen molar-refractivity contribution < 1.29 is 13.9 Å². The average molecular weight is 379 g/mol. The minimum Gasteiger partial charge on any atom is -0.497 e. The predicted molar refractivity (Wildman–Crippen MR) is 109 cm³/mol. The molecule has 146 valence electrons. The Kier molecular flexibility index (Phi) is 5.35. The number of rotatable bonds is 6. The normalized spacial score (nSPS) is 17.1. The quantitative estimate of drug-likeness (QED) is 0.589. The van der Waals surface area contributed by atoms with Gasteiger partial charge in [-0.2, -0.15) is 0 Å². The van der Waals surface area contributed by atoms with Crippen LogP contribution in [0.2, 0.25) is 0 Å². The van der Waals surface area contributed by atoms with Crippen molar-refractivity contribution in [1.29, 1.82) is 0 Å². The van der Waals surface area contributed by atoms with Crippen LogP contribution in [0.3, 0.4) is 0 Å². The summed E-state index contributed by atoms with van der Waals surface area (Å²) in [5.41, 5.74) is 2.52. The van der Waals surface area contributed by atoms with E-state index in [0.29, 0.717) is 30.5 Å². The van der Waals surface area contributed by atoms with E-state index in [1.165, 1.54) is 5.56 Å². The highest BCUT2D eigenvalue weighted by Crippen LogP contribution is 2.35. The highest BCUT2D eigenvalue weighted by Gasteiger charge is 2.26. The van der Waals surface area contributed by atoms with Gasteiger partial charge >= 0.3 is 5.63 Å². The maximum absolute atomic E-state index is 12.1. The smallest absolute Gasteiger partial charge is 0.336 e. The minimum absolute atomic E-state index is 0.326. The van der Waals surface area contributed by atoms with Crippen LogP contribution in [0.15, 0.2) is 57.7 Å². The van der Waals surface area contributed by atoms with Crippen LogP contribution in [0.1, 0.15) is 36.9 Å². The van der Waals surface area contributed by atoms with Crippen LogP contribution >= 0.6 is 0 Å². The van der Waals surface area contributed by atoms with Crippen LogP contribution in [0.5, 0.6) is 11.5 Å². The van der Waals surface area contributed by atoms with Crippen molar-refractivity contribution in [1.82, 2.24) is 4.90 Å². The summed E-state index contributed by atoms with van der Waals surface area (Å²) >= 11 is 0. The number of likely N-dealkylation sites (tertiary alicyclic amines) is 1. The van der Waals surface area contributed by atoms with E-state index in [1.807, 2.05) is 31.2 Å². The standard InChI is InChI=1S/C23H25NO4/c1-3-27-18-8-6-16(7-9-18)21-5-4-12-24(21)15-17-13-23(25)28-22-14-19(26-2)10-11-20(17)22/h6-11,13-14,21H,3-5,12,15H2,1-2H3/t21-/m0/s1. The van der Waals surface area contributed by atoms with Crippen molar-refractivity contribution in [2.75, 3.05) is 20.3 Å². The van der Waals surface area contributed by atoms with Crippen molar-refractivity contribution in [3.63, 3.8) is 0 Å². The first-order valence-corrected chi connectivity index (χ1v) is 9.75. The fourth-order valence-electron chi connectivity index (χ4n) is 4.03. The predicted octanol–water partition coefficient (Wildman–Crippen LogP) is 4.54. The number of hydrogen-bond donors (Lipinski definition) is 0. The van der Waals surface area contributed by atoms with Gasteiger partial charge in [-0.3, -0.25) is 4.90 Å². The molecule has 1 aliphatic rings. The van der Waals surface area contributed by atoms with Crippen molar-refractivity contribution in [3.8, 4) is 11.5 Å². The van der Waals surface area contributed by atoms with Gasteiger partial charge in [0.15, 0.2) is 0 Å². The topological polar surface area (TPSA) is 51.9 Å². The molecular weight excluding hydrogens is 354 g/mol. The summed E-state index contributed by atoms with van der Waals surface area (Å²) in [6.45, 7) is 4.38. The van der Waals surface area contributed by atoms with Crippen molar-refractivity contribution in [3.05, 3.63) is 70.1 Å². The molecule has 1 atom stereocenters. The Bertz CT molecular complexity index is 1010. The van der Waals surface area contributed by atoms with Crippen LogP contribution in [-0.4, -0.2) is 25.2 Å². The molecule has 1 fully saturated rings. The van der Waals surface area contributed by atoms with Crippen molar-refractivity contribution >= 4 is 11.0 Å². The molecule has 5 nitrogen and oxygen atoms in total. The van der Waals surface area contributed by atoms with Crippen LogP contribution in [-0.2, 0) is 6.54 Å². The highest BCUT2D eigenvalue weighted by atomic mass is 16.5. The minimum atomic E-state index is -0.326. The van der Waals surface area contributed by atoms with Gasteiger partial charge in [0, 0.05) is 30.1 Å². The van der Waals surface area contributed by atoms with Gasteiger partial charge in [-0.15, -0.1) is 0 Å². The van der Waals surface area contributed by atoms with Gasteiger partial charge in [0.25, 0.3) is 0 Å². The van der Waals surface area contributed by atoms with Crippen LogP contribution < -0.4 is 15.1 Å². The molecule has 28 heavy (non-hydrogen) atoms. The molecule has 1 aromatic heterocycles. The summed E-state index contributed by atoms with van der Waals surface area (Å²) in [5.74, 6) is 1.58. The molecule has 0 bridgehead atoms. The zero-order valence-electron chi connectivity index (χ0n) is 16.3. The Morgan fingerprint density at radius 1 is 1.11 bits per heavy atom. The summed E-state index contributed by atoms with van der Waals surface area (Å²) in [6, 6.07) is 16.0. The molecule has 2 aromatic carbocycles. The Balaban J connectivity index is 1.61. The molecule has 4 rings (SSSR count). The van der Waals surface area contributed by atoms with Gasteiger partial charge in [0.05, 0.1) is 13.7 Å². The maximum atomic E-state index is 12.1. The summed E-state index contributed by atoms with van der Waals surface area (Å²) in [5, 5.41) is 0.956. The third kappa shape index (κ3) is 3.76. The monoisotopic (exact) mass is 379 g/mol. The number of nitrogens with zero attached hydrogens (tertiary/aromatic N) is 1. The Morgan fingerprint density at radius 3 is 2.64 bits per heavy atom. The molecule has 0 spiro atoms. The van der Waals surface area contributed by atoms with Gasteiger partial charge < -0.3 is 13.9 Å². The van der Waals surface area contributed by atoms with Crippen LogP contribution in [0.25, 0.3) is 11.0 Å². The van der Waals surface area contributed by atoms with Crippen molar-refractivity contribution in [2.24, 2.45) is 0 Å². The molecule has 2 heterocycles. The first kappa shape index (κ1) is 18.6. The Hall–Kier alpha value is -2.79. The van der Waals surface area contributed by atoms with Gasteiger partial charge in [-0.25, -0.2) is 4.79 Å².